The zero-order chi connectivity index (χ0) is 17.8. The van der Waals surface area contributed by atoms with Crippen molar-refractivity contribution < 1.29 is 4.92 Å². The lowest BCUT2D eigenvalue weighted by molar-refractivity contribution is -0.384. The first kappa shape index (κ1) is 16.9. The zero-order valence-electron chi connectivity index (χ0n) is 14.0. The van der Waals surface area contributed by atoms with Crippen LogP contribution in [0.25, 0.3) is 0 Å². The molecule has 0 spiro atoms. The van der Waals surface area contributed by atoms with Gasteiger partial charge in [0.15, 0.2) is 0 Å². The Balaban J connectivity index is 1.74. The number of nitro benzene ring substituents is 1. The molecule has 2 heterocycles. The summed E-state index contributed by atoms with van der Waals surface area (Å²) in [6.45, 7) is 5.10. The number of hydrogen-bond acceptors (Lipinski definition) is 6. The van der Waals surface area contributed by atoms with E-state index in [9.17, 15) is 10.1 Å². The molecule has 7 nitrogen and oxygen atoms in total. The maximum atomic E-state index is 11.3. The van der Waals surface area contributed by atoms with Crippen LogP contribution in [-0.4, -0.2) is 41.0 Å². The Morgan fingerprint density at radius 1 is 1.28 bits per heavy atom. The Kier molecular flexibility index (Phi) is 4.91. The van der Waals surface area contributed by atoms with Crippen LogP contribution in [0.5, 0.6) is 0 Å². The topological polar surface area (TPSA) is 86.3 Å². The molecule has 0 unspecified atom stereocenters. The number of nitro groups is 1. The van der Waals surface area contributed by atoms with Gasteiger partial charge in [-0.1, -0.05) is 6.07 Å². The number of nitriles is 1. The van der Waals surface area contributed by atoms with Gasteiger partial charge in [0.05, 0.1) is 16.6 Å². The highest BCUT2D eigenvalue weighted by molar-refractivity contribution is 5.66. The lowest BCUT2D eigenvalue weighted by atomic mass is 10.1. The molecule has 0 bridgehead atoms. The van der Waals surface area contributed by atoms with E-state index < -0.39 is 0 Å². The molecule has 0 radical (unpaired) electrons. The molecular weight excluding hydrogens is 318 g/mol. The molecule has 0 aliphatic carbocycles. The van der Waals surface area contributed by atoms with Gasteiger partial charge in [-0.3, -0.25) is 20.0 Å². The minimum atomic E-state index is -0.388. The van der Waals surface area contributed by atoms with Crippen LogP contribution >= 0.6 is 0 Å². The van der Waals surface area contributed by atoms with Crippen molar-refractivity contribution in [2.75, 3.05) is 31.1 Å². The Morgan fingerprint density at radius 3 is 2.64 bits per heavy atom. The number of pyridine rings is 1. The van der Waals surface area contributed by atoms with Crippen LogP contribution in [0.1, 0.15) is 24.1 Å². The highest BCUT2D eigenvalue weighted by atomic mass is 16.6. The lowest BCUT2D eigenvalue weighted by Gasteiger charge is -2.39. The second kappa shape index (κ2) is 7.28. The third-order valence-electron chi connectivity index (χ3n) is 4.67. The predicted octanol–water partition coefficient (Wildman–Crippen LogP) is 2.74. The molecule has 1 aliphatic heterocycles. The fourth-order valence-corrected chi connectivity index (χ4v) is 3.18. The Morgan fingerprint density at radius 2 is 2.04 bits per heavy atom. The van der Waals surface area contributed by atoms with Crippen LogP contribution in [0.15, 0.2) is 42.7 Å². The van der Waals surface area contributed by atoms with Gasteiger partial charge in [0, 0.05) is 50.7 Å². The maximum absolute atomic E-state index is 11.3. The molecule has 0 amide bonds. The summed E-state index contributed by atoms with van der Waals surface area (Å²) in [5.74, 6) is 0. The third-order valence-corrected chi connectivity index (χ3v) is 4.67. The smallest absolute Gasteiger partial charge is 0.292 e. The highest BCUT2D eigenvalue weighted by Gasteiger charge is 2.26. The monoisotopic (exact) mass is 337 g/mol. The molecule has 7 heteroatoms. The standard InChI is InChI=1S/C18H19N5O2/c1-14(16-3-2-6-20-13-16)21-7-9-22(10-8-21)18-11-15(12-19)4-5-17(18)23(24)25/h2-6,11,13-14H,7-10H2,1H3/t14-/m0/s1. The average Bonchev–Trinajstić information content (AvgIpc) is 2.67. The minimum Gasteiger partial charge on any atom is -0.363 e. The van der Waals surface area contributed by atoms with Crippen LogP contribution in [0, 0.1) is 21.4 Å². The second-order valence-corrected chi connectivity index (χ2v) is 6.06. The summed E-state index contributed by atoms with van der Waals surface area (Å²) in [4.78, 5) is 19.4. The minimum absolute atomic E-state index is 0.0488. The van der Waals surface area contributed by atoms with Crippen molar-refractivity contribution in [2.45, 2.75) is 13.0 Å². The first-order valence-electron chi connectivity index (χ1n) is 8.17. The number of piperazine rings is 1. The summed E-state index contributed by atoms with van der Waals surface area (Å²) in [6.07, 6.45) is 3.63. The molecule has 1 aromatic carbocycles. The number of hydrogen-bond donors (Lipinski definition) is 0. The van der Waals surface area contributed by atoms with Gasteiger partial charge in [0.25, 0.3) is 5.69 Å². The van der Waals surface area contributed by atoms with E-state index >= 15 is 0 Å². The van der Waals surface area contributed by atoms with Crippen LogP contribution in [0.4, 0.5) is 11.4 Å². The van der Waals surface area contributed by atoms with Crippen LogP contribution in [0.3, 0.4) is 0 Å². The molecule has 1 aromatic heterocycles. The van der Waals surface area contributed by atoms with E-state index in [-0.39, 0.29) is 16.7 Å². The fraction of sp³-hybridized carbons (Fsp3) is 0.333. The van der Waals surface area contributed by atoms with Crippen molar-refractivity contribution in [1.29, 1.82) is 5.26 Å². The van der Waals surface area contributed by atoms with Gasteiger partial charge in [-0.15, -0.1) is 0 Å². The maximum Gasteiger partial charge on any atom is 0.292 e. The second-order valence-electron chi connectivity index (χ2n) is 6.06. The number of nitrogens with zero attached hydrogens (tertiary/aromatic N) is 5. The van der Waals surface area contributed by atoms with Gasteiger partial charge in [0.2, 0.25) is 0 Å². The molecule has 0 saturated carbocycles. The molecule has 3 rings (SSSR count). The van der Waals surface area contributed by atoms with Crippen LogP contribution in [0.2, 0.25) is 0 Å². The van der Waals surface area contributed by atoms with Gasteiger partial charge >= 0.3 is 0 Å². The SMILES string of the molecule is C[C@@H](c1cccnc1)N1CCN(c2cc(C#N)ccc2[N+](=O)[O-])CC1. The Bertz CT molecular complexity index is 795. The summed E-state index contributed by atoms with van der Waals surface area (Å²) in [5.41, 5.74) is 2.17. The van der Waals surface area contributed by atoms with Gasteiger partial charge in [-0.05, 0) is 30.7 Å². The van der Waals surface area contributed by atoms with E-state index in [0.29, 0.717) is 24.3 Å². The molecule has 1 fully saturated rings. The normalized spacial score (nSPS) is 16.2. The van der Waals surface area contributed by atoms with Crippen molar-refractivity contribution >= 4 is 11.4 Å². The largest absolute Gasteiger partial charge is 0.363 e. The zero-order valence-corrected chi connectivity index (χ0v) is 14.0. The summed E-state index contributed by atoms with van der Waals surface area (Å²) < 4.78 is 0. The van der Waals surface area contributed by atoms with Crippen molar-refractivity contribution in [3.63, 3.8) is 0 Å². The number of anilines is 1. The molecule has 25 heavy (non-hydrogen) atoms. The van der Waals surface area contributed by atoms with Gasteiger partial charge in [0.1, 0.15) is 5.69 Å². The third kappa shape index (κ3) is 3.59. The average molecular weight is 337 g/mol. The molecule has 1 saturated heterocycles. The first-order valence-corrected chi connectivity index (χ1v) is 8.17. The van der Waals surface area contributed by atoms with Crippen molar-refractivity contribution in [3.05, 3.63) is 64.0 Å². The summed E-state index contributed by atoms with van der Waals surface area (Å²) in [7, 11) is 0. The van der Waals surface area contributed by atoms with Gasteiger partial charge < -0.3 is 4.90 Å². The van der Waals surface area contributed by atoms with E-state index in [0.717, 1.165) is 18.7 Å². The van der Waals surface area contributed by atoms with Crippen molar-refractivity contribution in [1.82, 2.24) is 9.88 Å². The molecule has 128 valence electrons. The van der Waals surface area contributed by atoms with Crippen molar-refractivity contribution in [3.8, 4) is 6.07 Å². The number of benzene rings is 1. The van der Waals surface area contributed by atoms with Crippen LogP contribution < -0.4 is 4.90 Å². The predicted molar refractivity (Wildman–Crippen MR) is 94.2 cm³/mol. The molecule has 1 aliphatic rings. The van der Waals surface area contributed by atoms with Crippen LogP contribution in [-0.2, 0) is 0 Å². The lowest BCUT2D eigenvalue weighted by Crippen LogP contribution is -2.47. The van der Waals surface area contributed by atoms with E-state index in [1.165, 1.54) is 12.1 Å². The molecule has 2 aromatic rings. The van der Waals surface area contributed by atoms with E-state index in [1.54, 1.807) is 12.3 Å². The van der Waals surface area contributed by atoms with Gasteiger partial charge in [-0.2, -0.15) is 5.26 Å². The Labute approximate surface area is 146 Å². The first-order chi connectivity index (χ1) is 12.1. The fourth-order valence-electron chi connectivity index (χ4n) is 3.18. The summed E-state index contributed by atoms with van der Waals surface area (Å²) in [5, 5.41) is 20.4. The summed E-state index contributed by atoms with van der Waals surface area (Å²) >= 11 is 0. The molecule has 0 N–H and O–H groups in total. The molecule has 1 atom stereocenters. The van der Waals surface area contributed by atoms with Crippen molar-refractivity contribution in [2.24, 2.45) is 0 Å². The van der Waals surface area contributed by atoms with E-state index in [4.69, 9.17) is 5.26 Å². The highest BCUT2D eigenvalue weighted by Crippen LogP contribution is 2.31. The summed E-state index contributed by atoms with van der Waals surface area (Å²) in [6, 6.07) is 10.8. The number of rotatable bonds is 4. The Hall–Kier alpha value is -2.98. The number of aromatic nitrogens is 1. The molecular formula is C18H19N5O2. The van der Waals surface area contributed by atoms with Gasteiger partial charge in [-0.25, -0.2) is 0 Å². The van der Waals surface area contributed by atoms with E-state index in [2.05, 4.69) is 28.9 Å². The quantitative estimate of drug-likeness (QED) is 0.630. The van der Waals surface area contributed by atoms with E-state index in [1.807, 2.05) is 17.2 Å².